The first-order chi connectivity index (χ1) is 12.0. The van der Waals surface area contributed by atoms with Gasteiger partial charge in [-0.15, -0.1) is 0 Å². The number of aromatic nitrogens is 1. The molecule has 134 valence electrons. The van der Waals surface area contributed by atoms with Crippen molar-refractivity contribution >= 4 is 39.0 Å². The summed E-state index contributed by atoms with van der Waals surface area (Å²) in [5, 5.41) is 0.166. The number of pyridine rings is 1. The van der Waals surface area contributed by atoms with Crippen molar-refractivity contribution in [1.82, 2.24) is 9.71 Å². The molecule has 1 N–H and O–H groups in total. The van der Waals surface area contributed by atoms with Crippen LogP contribution in [0.3, 0.4) is 0 Å². The van der Waals surface area contributed by atoms with Crippen molar-refractivity contribution in [1.29, 1.82) is 0 Å². The molecule has 3 rings (SSSR count). The second-order valence-electron chi connectivity index (χ2n) is 5.46. The minimum atomic E-state index is -3.85. The van der Waals surface area contributed by atoms with E-state index in [2.05, 4.69) is 14.6 Å². The lowest BCUT2D eigenvalue weighted by Gasteiger charge is -2.29. The van der Waals surface area contributed by atoms with Crippen LogP contribution in [0.4, 0.5) is 5.82 Å². The molecule has 25 heavy (non-hydrogen) atoms. The first-order valence-corrected chi connectivity index (χ1v) is 9.93. The third kappa shape index (κ3) is 4.24. The minimum Gasteiger partial charge on any atom is -0.378 e. The van der Waals surface area contributed by atoms with Gasteiger partial charge in [-0.25, -0.2) is 18.1 Å². The minimum absolute atomic E-state index is 0.0830. The molecule has 1 fully saturated rings. The molecular formula is C16H17Cl2N3O3S. The fraction of sp³-hybridized carbons (Fsp3) is 0.312. The summed E-state index contributed by atoms with van der Waals surface area (Å²) in [4.78, 5) is 6.36. The van der Waals surface area contributed by atoms with Gasteiger partial charge in [0.1, 0.15) is 10.7 Å². The van der Waals surface area contributed by atoms with Crippen LogP contribution in [0.25, 0.3) is 0 Å². The van der Waals surface area contributed by atoms with Crippen LogP contribution >= 0.6 is 23.2 Å². The quantitative estimate of drug-likeness (QED) is 0.833. The molecule has 6 nitrogen and oxygen atoms in total. The van der Waals surface area contributed by atoms with Crippen molar-refractivity contribution in [3.8, 4) is 0 Å². The van der Waals surface area contributed by atoms with E-state index in [0.717, 1.165) is 11.4 Å². The molecule has 1 aliphatic rings. The Bertz CT molecular complexity index is 835. The lowest BCUT2D eigenvalue weighted by atomic mass is 10.2. The third-order valence-corrected chi connectivity index (χ3v) is 6.17. The molecule has 9 heteroatoms. The zero-order chi connectivity index (χ0) is 17.9. The second kappa shape index (κ2) is 7.88. The largest absolute Gasteiger partial charge is 0.378 e. The summed E-state index contributed by atoms with van der Waals surface area (Å²) in [6.07, 6.45) is 1.69. The molecule has 0 aliphatic carbocycles. The van der Waals surface area contributed by atoms with Gasteiger partial charge in [-0.3, -0.25) is 0 Å². The van der Waals surface area contributed by atoms with Gasteiger partial charge in [-0.1, -0.05) is 35.3 Å². The number of benzene rings is 1. The zero-order valence-electron chi connectivity index (χ0n) is 13.3. The van der Waals surface area contributed by atoms with E-state index in [1.807, 2.05) is 6.07 Å². The Morgan fingerprint density at radius 2 is 1.80 bits per heavy atom. The number of hydrogen-bond donors (Lipinski definition) is 1. The highest BCUT2D eigenvalue weighted by molar-refractivity contribution is 7.89. The highest BCUT2D eigenvalue weighted by Crippen LogP contribution is 2.29. The number of hydrogen-bond acceptors (Lipinski definition) is 5. The molecule has 0 atom stereocenters. The Morgan fingerprint density at radius 1 is 1.12 bits per heavy atom. The van der Waals surface area contributed by atoms with Gasteiger partial charge in [0.2, 0.25) is 10.0 Å². The zero-order valence-corrected chi connectivity index (χ0v) is 15.6. The lowest BCUT2D eigenvalue weighted by molar-refractivity contribution is 0.122. The first kappa shape index (κ1) is 18.4. The lowest BCUT2D eigenvalue weighted by Crippen LogP contribution is -2.37. The fourth-order valence-corrected chi connectivity index (χ4v) is 4.76. The third-order valence-electron chi connectivity index (χ3n) is 3.82. The van der Waals surface area contributed by atoms with Gasteiger partial charge in [0.25, 0.3) is 0 Å². The van der Waals surface area contributed by atoms with E-state index in [0.29, 0.717) is 26.3 Å². The highest BCUT2D eigenvalue weighted by Gasteiger charge is 2.22. The average molecular weight is 402 g/mol. The van der Waals surface area contributed by atoms with Crippen LogP contribution in [-0.4, -0.2) is 39.7 Å². The molecule has 0 spiro atoms. The molecule has 2 heterocycles. The molecule has 1 aromatic heterocycles. The van der Waals surface area contributed by atoms with E-state index in [1.54, 1.807) is 18.3 Å². The van der Waals surface area contributed by atoms with E-state index >= 15 is 0 Å². The Hall–Kier alpha value is -1.38. The SMILES string of the molecule is O=S(=O)(NCc1cccnc1N1CCOCC1)c1c(Cl)cccc1Cl. The van der Waals surface area contributed by atoms with Crippen molar-refractivity contribution in [2.45, 2.75) is 11.4 Å². The molecule has 0 radical (unpaired) electrons. The second-order valence-corrected chi connectivity index (χ2v) is 7.98. The maximum absolute atomic E-state index is 12.6. The molecule has 1 aromatic carbocycles. The fourth-order valence-electron chi connectivity index (χ4n) is 2.61. The topological polar surface area (TPSA) is 71.5 Å². The summed E-state index contributed by atoms with van der Waals surface area (Å²) in [6, 6.07) is 8.20. The van der Waals surface area contributed by atoms with Crippen LogP contribution in [0.1, 0.15) is 5.56 Å². The predicted octanol–water partition coefficient (Wildman–Crippen LogP) is 2.70. The number of morpholine rings is 1. The maximum Gasteiger partial charge on any atom is 0.243 e. The molecular weight excluding hydrogens is 385 g/mol. The standard InChI is InChI=1S/C16H17Cl2N3O3S/c17-13-4-1-5-14(18)15(13)25(22,23)20-11-12-3-2-6-19-16(12)21-7-9-24-10-8-21/h1-6,20H,7-11H2. The van der Waals surface area contributed by atoms with Crippen molar-refractivity contribution in [2.24, 2.45) is 0 Å². The molecule has 2 aromatic rings. The average Bonchev–Trinajstić information content (AvgIpc) is 2.61. The van der Waals surface area contributed by atoms with Gasteiger partial charge < -0.3 is 9.64 Å². The van der Waals surface area contributed by atoms with Gasteiger partial charge in [0, 0.05) is 31.4 Å². The highest BCUT2D eigenvalue weighted by atomic mass is 35.5. The Balaban J connectivity index is 1.82. The van der Waals surface area contributed by atoms with Crippen molar-refractivity contribution in [2.75, 3.05) is 31.2 Å². The monoisotopic (exact) mass is 401 g/mol. The predicted molar refractivity (Wildman–Crippen MR) is 97.8 cm³/mol. The van der Waals surface area contributed by atoms with Crippen LogP contribution in [0.15, 0.2) is 41.4 Å². The maximum atomic E-state index is 12.6. The summed E-state index contributed by atoms with van der Waals surface area (Å²) in [7, 11) is -3.85. The number of nitrogens with one attached hydrogen (secondary N) is 1. The molecule has 0 saturated carbocycles. The van der Waals surface area contributed by atoms with Crippen LogP contribution in [0.5, 0.6) is 0 Å². The van der Waals surface area contributed by atoms with E-state index in [4.69, 9.17) is 27.9 Å². The normalized spacial score (nSPS) is 15.4. The van der Waals surface area contributed by atoms with Crippen LogP contribution in [0, 0.1) is 0 Å². The van der Waals surface area contributed by atoms with E-state index in [1.165, 1.54) is 12.1 Å². The molecule has 0 bridgehead atoms. The molecule has 1 saturated heterocycles. The van der Waals surface area contributed by atoms with Crippen molar-refractivity contribution in [3.63, 3.8) is 0 Å². The van der Waals surface area contributed by atoms with Gasteiger partial charge in [-0.05, 0) is 18.2 Å². The van der Waals surface area contributed by atoms with Crippen molar-refractivity contribution in [3.05, 3.63) is 52.1 Å². The number of anilines is 1. The van der Waals surface area contributed by atoms with E-state index in [-0.39, 0.29) is 21.5 Å². The Kier molecular flexibility index (Phi) is 5.81. The number of ether oxygens (including phenoxy) is 1. The van der Waals surface area contributed by atoms with Crippen LogP contribution < -0.4 is 9.62 Å². The molecule has 0 amide bonds. The van der Waals surface area contributed by atoms with Gasteiger partial charge >= 0.3 is 0 Å². The summed E-state index contributed by atoms with van der Waals surface area (Å²) in [5.41, 5.74) is 0.774. The smallest absolute Gasteiger partial charge is 0.243 e. The summed E-state index contributed by atoms with van der Waals surface area (Å²) < 4.78 is 33.1. The summed E-state index contributed by atoms with van der Waals surface area (Å²) in [5.74, 6) is 0.749. The van der Waals surface area contributed by atoms with Crippen molar-refractivity contribution < 1.29 is 13.2 Å². The Labute approximate surface area is 156 Å². The molecule has 0 unspecified atom stereocenters. The molecule has 1 aliphatic heterocycles. The van der Waals surface area contributed by atoms with E-state index in [9.17, 15) is 8.42 Å². The van der Waals surface area contributed by atoms with Crippen LogP contribution in [-0.2, 0) is 21.3 Å². The van der Waals surface area contributed by atoms with Gasteiger partial charge in [-0.2, -0.15) is 0 Å². The Morgan fingerprint density at radius 3 is 2.48 bits per heavy atom. The van der Waals surface area contributed by atoms with Gasteiger partial charge in [0.05, 0.1) is 23.3 Å². The number of sulfonamides is 1. The number of halogens is 2. The van der Waals surface area contributed by atoms with Crippen LogP contribution in [0.2, 0.25) is 10.0 Å². The summed E-state index contributed by atoms with van der Waals surface area (Å²) >= 11 is 12.0. The first-order valence-electron chi connectivity index (χ1n) is 7.69. The van der Waals surface area contributed by atoms with Gasteiger partial charge in [0.15, 0.2) is 0 Å². The number of nitrogens with zero attached hydrogens (tertiary/aromatic N) is 2. The summed E-state index contributed by atoms with van der Waals surface area (Å²) in [6.45, 7) is 2.76. The van der Waals surface area contributed by atoms with E-state index < -0.39 is 10.0 Å². The number of rotatable bonds is 5.